The number of hydrogen-bond donors (Lipinski definition) is 3. The number of rotatable bonds is 4. The lowest BCUT2D eigenvalue weighted by molar-refractivity contribution is -0.133. The molecule has 3 aromatic carbocycles. The Morgan fingerprint density at radius 3 is 2.14 bits per heavy atom. The zero-order chi connectivity index (χ0) is 25.3. The molecule has 7 nitrogen and oxygen atoms in total. The number of nitrogens with zero attached hydrogens (tertiary/aromatic N) is 1. The van der Waals surface area contributed by atoms with E-state index >= 15 is 0 Å². The highest BCUT2D eigenvalue weighted by atomic mass is 79.9. The third-order valence-corrected chi connectivity index (χ3v) is 6.69. The maximum atomic E-state index is 13.2. The highest BCUT2D eigenvalue weighted by molar-refractivity contribution is 9.10. The van der Waals surface area contributed by atoms with Crippen LogP contribution in [0.5, 0.6) is 0 Å². The van der Waals surface area contributed by atoms with Crippen molar-refractivity contribution in [1.82, 2.24) is 4.68 Å². The topological polar surface area (TPSA) is 92.2 Å². The first-order valence-electron chi connectivity index (χ1n) is 10.7. The average Bonchev–Trinajstić information content (AvgIpc) is 3.13. The summed E-state index contributed by atoms with van der Waals surface area (Å²) >= 11 is 6.88. The summed E-state index contributed by atoms with van der Waals surface area (Å²) in [7, 11) is 0. The number of nitrogens with one attached hydrogen (secondary N) is 3. The second-order valence-electron chi connectivity index (χ2n) is 8.26. The normalized spacial score (nSPS) is 10.8. The van der Waals surface area contributed by atoms with E-state index in [1.54, 1.807) is 36.4 Å². The lowest BCUT2D eigenvalue weighted by atomic mass is 10.1. The molecule has 0 unspecified atom stereocenters. The molecule has 0 spiro atoms. The van der Waals surface area contributed by atoms with Crippen molar-refractivity contribution in [1.29, 1.82) is 0 Å². The van der Waals surface area contributed by atoms with Gasteiger partial charge in [-0.15, -0.1) is 0 Å². The van der Waals surface area contributed by atoms with Crippen LogP contribution in [0.4, 0.5) is 11.4 Å². The van der Waals surface area contributed by atoms with Crippen molar-refractivity contribution in [2.24, 2.45) is 0 Å². The number of anilines is 2. The Hall–Kier alpha value is -3.43. The minimum Gasteiger partial charge on any atom is -0.321 e. The number of carbonyl (C=O) groups is 3. The molecule has 3 amide bonds. The molecule has 0 fully saturated rings. The van der Waals surface area contributed by atoms with Gasteiger partial charge in [0.15, 0.2) is 0 Å². The summed E-state index contributed by atoms with van der Waals surface area (Å²) in [6.07, 6.45) is 0. The molecule has 0 aliphatic rings. The zero-order valence-corrected chi connectivity index (χ0v) is 22.4. The number of aromatic nitrogens is 1. The Kier molecular flexibility index (Phi) is 7.09. The van der Waals surface area contributed by atoms with E-state index in [2.05, 4.69) is 47.9 Å². The van der Waals surface area contributed by atoms with Gasteiger partial charge < -0.3 is 10.6 Å². The van der Waals surface area contributed by atoms with E-state index in [0.29, 0.717) is 22.3 Å². The Labute approximate surface area is 219 Å². The van der Waals surface area contributed by atoms with Crippen LogP contribution in [0.2, 0.25) is 0 Å². The van der Waals surface area contributed by atoms with Gasteiger partial charge in [0.1, 0.15) is 5.69 Å². The third-order valence-electron chi connectivity index (χ3n) is 5.31. The van der Waals surface area contributed by atoms with Gasteiger partial charge in [-0.05, 0) is 92.1 Å². The molecule has 0 aliphatic heterocycles. The molecule has 0 bridgehead atoms. The number of fused-ring (bicyclic) bond motifs is 1. The SMILES string of the molecule is Cc1cc(C)cc(NC(=O)C(=O)Nn2c(C(=O)Nc3ccc(Br)c(C)c3)cc3cc(Br)ccc32)c1. The molecule has 3 N–H and O–H groups in total. The maximum absolute atomic E-state index is 13.2. The number of aryl methyl sites for hydroxylation is 3. The Morgan fingerprint density at radius 1 is 0.743 bits per heavy atom. The first-order chi connectivity index (χ1) is 16.6. The van der Waals surface area contributed by atoms with Crippen molar-refractivity contribution in [2.45, 2.75) is 20.8 Å². The number of amides is 3. The first kappa shape index (κ1) is 24.7. The molecule has 0 atom stereocenters. The van der Waals surface area contributed by atoms with Gasteiger partial charge in [-0.25, -0.2) is 4.68 Å². The fourth-order valence-electron chi connectivity index (χ4n) is 3.78. The van der Waals surface area contributed by atoms with Gasteiger partial charge in [0.25, 0.3) is 5.91 Å². The lowest BCUT2D eigenvalue weighted by Crippen LogP contribution is -2.36. The monoisotopic (exact) mass is 596 g/mol. The Morgan fingerprint density at radius 2 is 1.46 bits per heavy atom. The summed E-state index contributed by atoms with van der Waals surface area (Å²) < 4.78 is 3.07. The van der Waals surface area contributed by atoms with Crippen LogP contribution in [-0.4, -0.2) is 22.4 Å². The molecule has 178 valence electrons. The van der Waals surface area contributed by atoms with Crippen LogP contribution < -0.4 is 16.1 Å². The summed E-state index contributed by atoms with van der Waals surface area (Å²) in [4.78, 5) is 38.7. The van der Waals surface area contributed by atoms with E-state index in [0.717, 1.165) is 25.6 Å². The van der Waals surface area contributed by atoms with E-state index < -0.39 is 17.7 Å². The second-order valence-corrected chi connectivity index (χ2v) is 10.0. The quantitative estimate of drug-likeness (QED) is 0.250. The molecule has 0 saturated carbocycles. The molecule has 0 saturated heterocycles. The van der Waals surface area contributed by atoms with Crippen molar-refractivity contribution in [3.05, 3.63) is 92.0 Å². The van der Waals surface area contributed by atoms with E-state index in [9.17, 15) is 14.4 Å². The van der Waals surface area contributed by atoms with Crippen LogP contribution >= 0.6 is 31.9 Å². The fourth-order valence-corrected chi connectivity index (χ4v) is 4.40. The van der Waals surface area contributed by atoms with Crippen molar-refractivity contribution in [3.8, 4) is 0 Å². The largest absolute Gasteiger partial charge is 0.328 e. The van der Waals surface area contributed by atoms with E-state index in [1.807, 2.05) is 45.0 Å². The standard InChI is InChI=1S/C26H22Br2N4O3/c1-14-8-15(2)10-20(9-14)30-25(34)26(35)31-32-22-7-4-18(27)12-17(22)13-23(32)24(33)29-19-5-6-21(28)16(3)11-19/h4-13H,1-3H3,(H,29,33)(H,30,34)(H,31,35). The summed E-state index contributed by atoms with van der Waals surface area (Å²) in [5.74, 6) is -2.18. The van der Waals surface area contributed by atoms with Gasteiger partial charge in [0.2, 0.25) is 0 Å². The van der Waals surface area contributed by atoms with Crippen LogP contribution in [-0.2, 0) is 9.59 Å². The molecule has 35 heavy (non-hydrogen) atoms. The minimum absolute atomic E-state index is 0.172. The molecule has 0 radical (unpaired) electrons. The van der Waals surface area contributed by atoms with Crippen LogP contribution in [0.1, 0.15) is 27.2 Å². The summed E-state index contributed by atoms with van der Waals surface area (Å²) in [6.45, 7) is 5.73. The highest BCUT2D eigenvalue weighted by Crippen LogP contribution is 2.25. The highest BCUT2D eigenvalue weighted by Gasteiger charge is 2.21. The van der Waals surface area contributed by atoms with Crippen LogP contribution in [0.25, 0.3) is 10.9 Å². The molecule has 4 rings (SSSR count). The molecule has 4 aromatic rings. The predicted molar refractivity (Wildman–Crippen MR) is 145 cm³/mol. The molecule has 1 heterocycles. The number of hydrogen-bond acceptors (Lipinski definition) is 3. The smallest absolute Gasteiger partial charge is 0.321 e. The van der Waals surface area contributed by atoms with E-state index in [1.165, 1.54) is 4.68 Å². The van der Waals surface area contributed by atoms with Crippen molar-refractivity contribution in [2.75, 3.05) is 16.1 Å². The van der Waals surface area contributed by atoms with Crippen molar-refractivity contribution >= 4 is 71.9 Å². The Bertz CT molecular complexity index is 1470. The van der Waals surface area contributed by atoms with Crippen LogP contribution in [0.3, 0.4) is 0 Å². The maximum Gasteiger partial charge on any atom is 0.328 e. The van der Waals surface area contributed by atoms with E-state index in [-0.39, 0.29) is 5.69 Å². The Balaban J connectivity index is 1.63. The number of benzene rings is 3. The van der Waals surface area contributed by atoms with Crippen molar-refractivity contribution < 1.29 is 14.4 Å². The number of halogens is 2. The predicted octanol–water partition coefficient (Wildman–Crippen LogP) is 6.05. The summed E-state index contributed by atoms with van der Waals surface area (Å²) in [5, 5.41) is 6.18. The van der Waals surface area contributed by atoms with Gasteiger partial charge in [-0.2, -0.15) is 0 Å². The second kappa shape index (κ2) is 10.1. The van der Waals surface area contributed by atoms with Gasteiger partial charge in [-0.3, -0.25) is 19.8 Å². The molecule has 0 aliphatic carbocycles. The lowest BCUT2D eigenvalue weighted by Gasteiger charge is -2.13. The van der Waals surface area contributed by atoms with Gasteiger partial charge >= 0.3 is 11.8 Å². The average molecular weight is 598 g/mol. The molecule has 1 aromatic heterocycles. The molecular weight excluding hydrogens is 576 g/mol. The first-order valence-corrected chi connectivity index (χ1v) is 12.3. The summed E-state index contributed by atoms with van der Waals surface area (Å²) in [6, 6.07) is 18.0. The third kappa shape index (κ3) is 5.63. The van der Waals surface area contributed by atoms with E-state index in [4.69, 9.17) is 0 Å². The van der Waals surface area contributed by atoms with Crippen LogP contribution in [0, 0.1) is 20.8 Å². The van der Waals surface area contributed by atoms with Gasteiger partial charge in [0, 0.05) is 25.7 Å². The minimum atomic E-state index is -0.905. The number of carbonyl (C=O) groups excluding carboxylic acids is 3. The summed E-state index contributed by atoms with van der Waals surface area (Å²) in [5.41, 5.74) is 7.32. The van der Waals surface area contributed by atoms with Gasteiger partial charge in [-0.1, -0.05) is 37.9 Å². The fraction of sp³-hybridized carbons (Fsp3) is 0.115. The molecule has 9 heteroatoms. The van der Waals surface area contributed by atoms with Crippen molar-refractivity contribution in [3.63, 3.8) is 0 Å². The molecular formula is C26H22Br2N4O3. The van der Waals surface area contributed by atoms with Crippen LogP contribution in [0.15, 0.2) is 69.6 Å². The zero-order valence-electron chi connectivity index (χ0n) is 19.2. The van der Waals surface area contributed by atoms with Gasteiger partial charge in [0.05, 0.1) is 5.52 Å².